The van der Waals surface area contributed by atoms with Crippen LogP contribution in [0.4, 0.5) is 0 Å². The molecule has 0 saturated carbocycles. The molecular weight excluding hydrogens is 543 g/mol. The van der Waals surface area contributed by atoms with Crippen molar-refractivity contribution in [3.05, 3.63) is 0 Å². The summed E-state index contributed by atoms with van der Waals surface area (Å²) in [5, 5.41) is 3.77. The van der Waals surface area contributed by atoms with Gasteiger partial charge in [-0.1, -0.05) is 51.1 Å². The van der Waals surface area contributed by atoms with Gasteiger partial charge in [0.05, 0.1) is 14.2 Å². The van der Waals surface area contributed by atoms with Gasteiger partial charge < -0.3 is 23.1 Å². The lowest BCUT2D eigenvalue weighted by Gasteiger charge is -2.46. The van der Waals surface area contributed by atoms with E-state index in [9.17, 15) is 0 Å². The zero-order valence-electron chi connectivity index (χ0n) is 27.8. The van der Waals surface area contributed by atoms with Crippen molar-refractivity contribution in [2.45, 2.75) is 141 Å². The van der Waals surface area contributed by atoms with E-state index in [1.165, 1.54) is 37.4 Å². The Bertz CT molecular complexity index is 664. The minimum Gasteiger partial charge on any atom is -0.394 e. The number of hydrogen-bond donors (Lipinski definition) is 1. The second kappa shape index (κ2) is 15.3. The van der Waals surface area contributed by atoms with Crippen LogP contribution in [-0.4, -0.2) is 86.7 Å². The van der Waals surface area contributed by atoms with Gasteiger partial charge >= 0.3 is 8.56 Å². The van der Waals surface area contributed by atoms with E-state index in [4.69, 9.17) is 17.8 Å². The van der Waals surface area contributed by atoms with Crippen LogP contribution >= 0.6 is 10.3 Å². The molecule has 1 heterocycles. The molecule has 0 aromatic heterocycles. The third-order valence-corrected chi connectivity index (χ3v) is 17.4. The van der Waals surface area contributed by atoms with E-state index in [0.717, 1.165) is 45.3 Å². The third-order valence-electron chi connectivity index (χ3n) is 7.20. The number of hydrogen-bond acceptors (Lipinski definition) is 5. The molecule has 0 aromatic carbocycles. The Labute approximate surface area is 243 Å². The van der Waals surface area contributed by atoms with Gasteiger partial charge in [-0.2, -0.15) is 10.3 Å². The second-order valence-electron chi connectivity index (χ2n) is 15.9. The van der Waals surface area contributed by atoms with Gasteiger partial charge in [0.2, 0.25) is 0 Å². The van der Waals surface area contributed by atoms with E-state index in [1.54, 1.807) is 0 Å². The van der Waals surface area contributed by atoms with Crippen LogP contribution in [-0.2, 0) is 17.8 Å². The predicted molar refractivity (Wildman–Crippen MR) is 179 cm³/mol. The number of rotatable bonds is 19. The summed E-state index contributed by atoms with van der Waals surface area (Å²) >= 11 is 0. The maximum Gasteiger partial charge on any atom is 0.342 e. The van der Waals surface area contributed by atoms with Gasteiger partial charge in [0.15, 0.2) is 0 Å². The Morgan fingerprint density at radius 2 is 1.32 bits per heavy atom. The van der Waals surface area contributed by atoms with Crippen molar-refractivity contribution in [3.63, 3.8) is 0 Å². The van der Waals surface area contributed by atoms with Gasteiger partial charge in [0, 0.05) is 45.2 Å². The molecule has 0 spiro atoms. The van der Waals surface area contributed by atoms with Gasteiger partial charge in [-0.3, -0.25) is 0 Å². The SMILES string of the molecule is CC1(C)CC(OCCC[Si](C)(CCCCCO[Si](C)(C)OS(C)(C)C)COCC[Si](C)(C)C)CC(C)(C)N1. The molecule has 1 rings (SSSR count). The first-order chi connectivity index (χ1) is 17.1. The maximum atomic E-state index is 6.47. The van der Waals surface area contributed by atoms with Crippen molar-refractivity contribution in [2.24, 2.45) is 0 Å². The summed E-state index contributed by atoms with van der Waals surface area (Å²) in [5.41, 5.74) is 0.280. The molecular formula is C29H67NO4SSi3. The molecule has 0 aliphatic carbocycles. The van der Waals surface area contributed by atoms with Gasteiger partial charge in [0.1, 0.15) is 0 Å². The Hall–Kier alpha value is 0.801. The smallest absolute Gasteiger partial charge is 0.342 e. The molecule has 38 heavy (non-hydrogen) atoms. The molecule has 1 aliphatic rings. The Morgan fingerprint density at radius 3 is 1.87 bits per heavy atom. The Balaban J connectivity index is 2.50. The van der Waals surface area contributed by atoms with Gasteiger partial charge in [-0.05, 0) is 91.3 Å². The molecule has 0 amide bonds. The summed E-state index contributed by atoms with van der Waals surface area (Å²) in [6.07, 6.45) is 15.0. The molecule has 1 N–H and O–H groups in total. The van der Waals surface area contributed by atoms with Crippen molar-refractivity contribution in [1.29, 1.82) is 0 Å². The molecule has 1 atom stereocenters. The quantitative estimate of drug-likeness (QED) is 0.118. The fourth-order valence-electron chi connectivity index (χ4n) is 5.84. The van der Waals surface area contributed by atoms with E-state index in [0.29, 0.717) is 6.10 Å². The lowest BCUT2D eigenvalue weighted by atomic mass is 9.81. The average molecular weight is 610 g/mol. The summed E-state index contributed by atoms with van der Waals surface area (Å²) in [4.78, 5) is 0. The van der Waals surface area contributed by atoms with Crippen LogP contribution in [0.2, 0.25) is 57.4 Å². The molecule has 5 nitrogen and oxygen atoms in total. The molecule has 0 aromatic rings. The van der Waals surface area contributed by atoms with E-state index >= 15 is 0 Å². The molecule has 1 aliphatic heterocycles. The van der Waals surface area contributed by atoms with E-state index < -0.39 is 35.0 Å². The largest absolute Gasteiger partial charge is 0.394 e. The third kappa shape index (κ3) is 18.3. The standard InChI is InChI=1S/C29H67NO4SSi3/c1-28(2)24-27(25-29(3,4)30-28)32-18-17-22-38(13,26-31-20-23-36(8,9)10)21-16-14-15-19-33-37(11,12)34-35(5,6)7/h27,30H,14-26H2,1-13H3. The highest BCUT2D eigenvalue weighted by Crippen LogP contribution is 2.40. The van der Waals surface area contributed by atoms with Crippen LogP contribution in [0, 0.1) is 0 Å². The first-order valence-electron chi connectivity index (χ1n) is 15.1. The topological polar surface area (TPSA) is 49.0 Å². The molecule has 0 bridgehead atoms. The zero-order chi connectivity index (χ0) is 29.3. The first kappa shape index (κ1) is 36.8. The lowest BCUT2D eigenvalue weighted by Crippen LogP contribution is -2.59. The van der Waals surface area contributed by atoms with Crippen molar-refractivity contribution >= 4 is 35.0 Å². The van der Waals surface area contributed by atoms with Gasteiger partial charge in [0.25, 0.3) is 0 Å². The van der Waals surface area contributed by atoms with E-state index in [-0.39, 0.29) is 11.1 Å². The molecule has 9 heteroatoms. The highest BCUT2D eigenvalue weighted by molar-refractivity contribution is 8.28. The Morgan fingerprint density at radius 1 is 0.737 bits per heavy atom. The van der Waals surface area contributed by atoms with E-state index in [2.05, 4.69) is 91.1 Å². The van der Waals surface area contributed by atoms with Crippen LogP contribution in [0.15, 0.2) is 0 Å². The summed E-state index contributed by atoms with van der Waals surface area (Å²) < 4.78 is 25.3. The summed E-state index contributed by atoms with van der Waals surface area (Å²) in [5.74, 6) is 0. The molecule has 0 radical (unpaired) electrons. The number of unbranched alkanes of at least 4 members (excludes halogenated alkanes) is 2. The fraction of sp³-hybridized carbons (Fsp3) is 1.00. The van der Waals surface area contributed by atoms with Gasteiger partial charge in [-0.25, -0.2) is 0 Å². The molecule has 1 unspecified atom stereocenters. The molecule has 1 saturated heterocycles. The minimum absolute atomic E-state index is 0.140. The zero-order valence-corrected chi connectivity index (χ0v) is 31.6. The van der Waals surface area contributed by atoms with Crippen LogP contribution < -0.4 is 5.32 Å². The first-order valence-corrected chi connectivity index (χ1v) is 27.6. The van der Waals surface area contributed by atoms with Crippen molar-refractivity contribution < 1.29 is 17.8 Å². The fourth-order valence-corrected chi connectivity index (χ4v) is 15.5. The van der Waals surface area contributed by atoms with Crippen LogP contribution in [0.5, 0.6) is 0 Å². The summed E-state index contributed by atoms with van der Waals surface area (Å²) in [7, 11) is -5.52. The summed E-state index contributed by atoms with van der Waals surface area (Å²) in [6.45, 7) is 26.1. The monoisotopic (exact) mass is 609 g/mol. The van der Waals surface area contributed by atoms with Crippen molar-refractivity contribution in [2.75, 3.05) is 44.8 Å². The number of nitrogens with one attached hydrogen (secondary N) is 1. The Kier molecular flexibility index (Phi) is 14.8. The van der Waals surface area contributed by atoms with Crippen LogP contribution in [0.25, 0.3) is 0 Å². The van der Waals surface area contributed by atoms with Crippen molar-refractivity contribution in [1.82, 2.24) is 5.32 Å². The van der Waals surface area contributed by atoms with E-state index in [1.807, 2.05) is 0 Å². The average Bonchev–Trinajstić information content (AvgIpc) is 2.67. The number of piperidine rings is 1. The number of ether oxygens (including phenoxy) is 2. The minimum atomic E-state index is -2.02. The normalized spacial score (nSPS) is 20.9. The van der Waals surface area contributed by atoms with Gasteiger partial charge in [-0.15, -0.1) is 0 Å². The highest BCUT2D eigenvalue weighted by Gasteiger charge is 2.38. The lowest BCUT2D eigenvalue weighted by molar-refractivity contribution is -0.0214. The van der Waals surface area contributed by atoms with Crippen LogP contribution in [0.1, 0.15) is 66.2 Å². The highest BCUT2D eigenvalue weighted by atomic mass is 32.3. The summed E-state index contributed by atoms with van der Waals surface area (Å²) in [6, 6.07) is 3.91. The second-order valence-corrected chi connectivity index (χ2v) is 33.7. The molecule has 230 valence electrons. The molecule has 1 fully saturated rings. The maximum absolute atomic E-state index is 6.47. The predicted octanol–water partition coefficient (Wildman–Crippen LogP) is 8.19. The van der Waals surface area contributed by atoms with Crippen LogP contribution in [0.3, 0.4) is 0 Å². The van der Waals surface area contributed by atoms with Crippen molar-refractivity contribution in [3.8, 4) is 0 Å².